The van der Waals surface area contributed by atoms with E-state index in [4.69, 9.17) is 16.9 Å². The Morgan fingerprint density at radius 1 is 1.14 bits per heavy atom. The summed E-state index contributed by atoms with van der Waals surface area (Å²) in [5.41, 5.74) is 1.78. The van der Waals surface area contributed by atoms with Crippen LogP contribution in [0.3, 0.4) is 0 Å². The topological polar surface area (TPSA) is 39.4 Å². The Morgan fingerprint density at radius 2 is 1.82 bits per heavy atom. The number of nitrogens with zero attached hydrogens (tertiary/aromatic N) is 3. The average Bonchev–Trinajstić information content (AvgIpc) is 2.91. The number of halogens is 1. The van der Waals surface area contributed by atoms with Gasteiger partial charge in [0.1, 0.15) is 11.4 Å². The Bertz CT molecular complexity index is 719. The van der Waals surface area contributed by atoms with E-state index in [1.165, 1.54) is 0 Å². The molecule has 0 radical (unpaired) electrons. The van der Waals surface area contributed by atoms with Crippen molar-refractivity contribution in [3.05, 3.63) is 64.7 Å². The predicted molar refractivity (Wildman–Crippen MR) is 91.3 cm³/mol. The van der Waals surface area contributed by atoms with Gasteiger partial charge in [0.2, 0.25) is 0 Å². The van der Waals surface area contributed by atoms with E-state index in [-0.39, 0.29) is 11.4 Å². The van der Waals surface area contributed by atoms with Crippen molar-refractivity contribution in [1.82, 2.24) is 4.90 Å². The van der Waals surface area contributed by atoms with Gasteiger partial charge in [-0.1, -0.05) is 35.5 Å². The summed E-state index contributed by atoms with van der Waals surface area (Å²) in [6.45, 7) is 0. The second kappa shape index (κ2) is 6.43. The number of benzene rings is 2. The highest BCUT2D eigenvalue weighted by atomic mass is 35.5. The SMILES string of the molecule is CN1C=NC(c2ccc(C#N)cc2)C1Sc1ccc(Cl)cc1. The zero-order chi connectivity index (χ0) is 15.5. The number of nitriles is 1. The second-order valence-corrected chi connectivity index (χ2v) is 6.70. The molecule has 1 aliphatic heterocycles. The lowest BCUT2D eigenvalue weighted by atomic mass is 10.1. The summed E-state index contributed by atoms with van der Waals surface area (Å²) in [5.74, 6) is 0. The Hall–Kier alpha value is -1.96. The molecule has 0 spiro atoms. The molecule has 22 heavy (non-hydrogen) atoms. The van der Waals surface area contributed by atoms with Crippen molar-refractivity contribution in [3.8, 4) is 6.07 Å². The quantitative estimate of drug-likeness (QED) is 0.841. The van der Waals surface area contributed by atoms with Crippen molar-refractivity contribution in [3.63, 3.8) is 0 Å². The van der Waals surface area contributed by atoms with Crippen molar-refractivity contribution in [2.24, 2.45) is 4.99 Å². The molecule has 0 aliphatic carbocycles. The molecule has 2 atom stereocenters. The summed E-state index contributed by atoms with van der Waals surface area (Å²) in [7, 11) is 2.03. The van der Waals surface area contributed by atoms with Gasteiger partial charge in [-0.25, -0.2) is 0 Å². The molecule has 2 aromatic rings. The molecule has 2 aromatic carbocycles. The molecule has 0 saturated carbocycles. The van der Waals surface area contributed by atoms with Crippen LogP contribution in [0.4, 0.5) is 0 Å². The monoisotopic (exact) mass is 327 g/mol. The maximum absolute atomic E-state index is 8.90. The molecular weight excluding hydrogens is 314 g/mol. The van der Waals surface area contributed by atoms with Crippen LogP contribution in [-0.2, 0) is 0 Å². The van der Waals surface area contributed by atoms with Crippen LogP contribution in [-0.4, -0.2) is 23.7 Å². The molecule has 0 aromatic heterocycles. The molecule has 0 fully saturated rings. The molecule has 2 unspecified atom stereocenters. The van der Waals surface area contributed by atoms with Crippen LogP contribution in [0, 0.1) is 11.3 Å². The summed E-state index contributed by atoms with van der Waals surface area (Å²) in [6.07, 6.45) is 1.87. The van der Waals surface area contributed by atoms with E-state index in [1.54, 1.807) is 11.8 Å². The van der Waals surface area contributed by atoms with E-state index in [1.807, 2.05) is 61.9 Å². The lowest BCUT2D eigenvalue weighted by Gasteiger charge is -2.24. The summed E-state index contributed by atoms with van der Waals surface area (Å²) in [6, 6.07) is 17.7. The van der Waals surface area contributed by atoms with Gasteiger partial charge in [-0.05, 0) is 42.0 Å². The van der Waals surface area contributed by atoms with Gasteiger partial charge in [0.25, 0.3) is 0 Å². The molecule has 3 rings (SSSR count). The number of rotatable bonds is 3. The number of likely N-dealkylation sites (N-methyl/N-ethyl adjacent to an activating group) is 1. The molecule has 5 heteroatoms. The summed E-state index contributed by atoms with van der Waals surface area (Å²) < 4.78 is 0. The Morgan fingerprint density at radius 3 is 2.45 bits per heavy atom. The summed E-state index contributed by atoms with van der Waals surface area (Å²) >= 11 is 7.70. The van der Waals surface area contributed by atoms with Gasteiger partial charge in [-0.3, -0.25) is 4.99 Å². The third-order valence-corrected chi connectivity index (χ3v) is 5.16. The predicted octanol–water partition coefficient (Wildman–Crippen LogP) is 4.34. The van der Waals surface area contributed by atoms with Crippen LogP contribution < -0.4 is 0 Å². The number of aliphatic imine (C=N–C) groups is 1. The maximum Gasteiger partial charge on any atom is 0.107 e. The largest absolute Gasteiger partial charge is 0.351 e. The van der Waals surface area contributed by atoms with Crippen LogP contribution in [0.5, 0.6) is 0 Å². The Kier molecular flexibility index (Phi) is 4.37. The number of hydrogen-bond acceptors (Lipinski definition) is 4. The van der Waals surface area contributed by atoms with E-state index in [9.17, 15) is 0 Å². The second-order valence-electron chi connectivity index (χ2n) is 5.07. The van der Waals surface area contributed by atoms with Crippen molar-refractivity contribution < 1.29 is 0 Å². The van der Waals surface area contributed by atoms with Gasteiger partial charge in [-0.2, -0.15) is 5.26 Å². The standard InChI is InChI=1S/C17H14ClN3S/c1-21-11-20-16(13-4-2-12(10-19)3-5-13)17(21)22-15-8-6-14(18)7-9-15/h2-9,11,16-17H,1H3. The molecule has 110 valence electrons. The first-order valence-corrected chi connectivity index (χ1v) is 8.10. The van der Waals surface area contributed by atoms with Gasteiger partial charge < -0.3 is 4.90 Å². The molecule has 0 saturated heterocycles. The third-order valence-electron chi connectivity index (χ3n) is 3.53. The van der Waals surface area contributed by atoms with E-state index >= 15 is 0 Å². The highest BCUT2D eigenvalue weighted by Crippen LogP contribution is 2.39. The zero-order valence-electron chi connectivity index (χ0n) is 12.0. The minimum atomic E-state index is 0.0541. The van der Waals surface area contributed by atoms with E-state index in [0.717, 1.165) is 15.5 Å². The van der Waals surface area contributed by atoms with Gasteiger partial charge in [0, 0.05) is 17.0 Å². The lowest BCUT2D eigenvalue weighted by Crippen LogP contribution is -2.26. The molecule has 0 N–H and O–H groups in total. The first kappa shape index (κ1) is 15.0. The van der Waals surface area contributed by atoms with Gasteiger partial charge >= 0.3 is 0 Å². The summed E-state index contributed by atoms with van der Waals surface area (Å²) in [5, 5.41) is 9.83. The Labute approximate surface area is 139 Å². The Balaban J connectivity index is 1.82. The first-order chi connectivity index (χ1) is 10.7. The van der Waals surface area contributed by atoms with Gasteiger partial charge in [-0.15, -0.1) is 0 Å². The van der Waals surface area contributed by atoms with Crippen LogP contribution in [0.15, 0.2) is 58.4 Å². The van der Waals surface area contributed by atoms with Crippen molar-refractivity contribution in [2.45, 2.75) is 16.3 Å². The van der Waals surface area contributed by atoms with E-state index in [0.29, 0.717) is 5.56 Å². The fourth-order valence-electron chi connectivity index (χ4n) is 2.34. The normalized spacial score (nSPS) is 20.1. The minimum Gasteiger partial charge on any atom is -0.351 e. The first-order valence-electron chi connectivity index (χ1n) is 6.85. The highest BCUT2D eigenvalue weighted by Gasteiger charge is 2.30. The van der Waals surface area contributed by atoms with Gasteiger partial charge in [0.05, 0.1) is 18.0 Å². The van der Waals surface area contributed by atoms with Crippen LogP contribution in [0.2, 0.25) is 5.02 Å². The lowest BCUT2D eigenvalue weighted by molar-refractivity contribution is 0.474. The molecular formula is C17H14ClN3S. The smallest absolute Gasteiger partial charge is 0.107 e. The maximum atomic E-state index is 8.90. The average molecular weight is 328 g/mol. The third kappa shape index (κ3) is 3.11. The molecule has 0 amide bonds. The fourth-order valence-corrected chi connectivity index (χ4v) is 3.62. The van der Waals surface area contributed by atoms with Crippen LogP contribution in [0.1, 0.15) is 17.2 Å². The minimum absolute atomic E-state index is 0.0541. The molecule has 0 bridgehead atoms. The number of thioether (sulfide) groups is 1. The van der Waals surface area contributed by atoms with Crippen LogP contribution >= 0.6 is 23.4 Å². The van der Waals surface area contributed by atoms with Crippen molar-refractivity contribution in [2.75, 3.05) is 7.05 Å². The van der Waals surface area contributed by atoms with Gasteiger partial charge in [0.15, 0.2) is 0 Å². The van der Waals surface area contributed by atoms with Crippen molar-refractivity contribution in [1.29, 1.82) is 5.26 Å². The van der Waals surface area contributed by atoms with Crippen molar-refractivity contribution >= 4 is 29.7 Å². The molecule has 1 aliphatic rings. The highest BCUT2D eigenvalue weighted by molar-refractivity contribution is 8.00. The molecule has 3 nitrogen and oxygen atoms in total. The zero-order valence-corrected chi connectivity index (χ0v) is 13.6. The van der Waals surface area contributed by atoms with Crippen LogP contribution in [0.25, 0.3) is 0 Å². The van der Waals surface area contributed by atoms with E-state index < -0.39 is 0 Å². The molecule has 1 heterocycles. The number of hydrogen-bond donors (Lipinski definition) is 0. The summed E-state index contributed by atoms with van der Waals surface area (Å²) in [4.78, 5) is 7.88. The van der Waals surface area contributed by atoms with E-state index in [2.05, 4.69) is 16.0 Å². The fraction of sp³-hybridized carbons (Fsp3) is 0.176.